The van der Waals surface area contributed by atoms with E-state index in [9.17, 15) is 0 Å². The molecule has 2 atom stereocenters. The Kier molecular flexibility index (Phi) is 5.01. The fourth-order valence-electron chi connectivity index (χ4n) is 7.78. The molecule has 194 valence electrons. The summed E-state index contributed by atoms with van der Waals surface area (Å²) in [6.45, 7) is 12.1. The lowest BCUT2D eigenvalue weighted by molar-refractivity contribution is 0.593. The minimum absolute atomic E-state index is 0.00178. The highest BCUT2D eigenvalue weighted by Gasteiger charge is 2.50. The van der Waals surface area contributed by atoms with Crippen molar-refractivity contribution in [3.8, 4) is 44.5 Å². The molecule has 2 unspecified atom stereocenters. The predicted octanol–water partition coefficient (Wildman–Crippen LogP) is 9.08. The van der Waals surface area contributed by atoms with Gasteiger partial charge in [0.05, 0.1) is 0 Å². The number of hydrogen-bond donors (Lipinski definition) is 0. The summed E-state index contributed by atoms with van der Waals surface area (Å²) in [5.74, 6) is 0.640. The maximum atomic E-state index is 2.48. The lowest BCUT2D eigenvalue weighted by Gasteiger charge is -2.28. The van der Waals surface area contributed by atoms with Crippen molar-refractivity contribution in [2.75, 3.05) is 0 Å². The highest BCUT2D eigenvalue weighted by atomic mass is 28.2. The monoisotopic (exact) mass is 530 g/mol. The van der Waals surface area contributed by atoms with E-state index in [2.05, 4.69) is 132 Å². The molecule has 6 bridgehead atoms. The van der Waals surface area contributed by atoms with E-state index in [1.54, 1.807) is 37.9 Å². The van der Waals surface area contributed by atoms with Gasteiger partial charge in [-0.25, -0.2) is 0 Å². The molecule has 9 rings (SSSR count). The molecule has 0 aromatic heterocycles. The molecule has 1 heteroatoms. The van der Waals surface area contributed by atoms with Crippen LogP contribution in [0.4, 0.5) is 0 Å². The molecule has 4 aliphatic rings. The van der Waals surface area contributed by atoms with Crippen LogP contribution in [0.25, 0.3) is 50.1 Å². The molecule has 5 aromatic carbocycles. The first-order valence-electron chi connectivity index (χ1n) is 14.7. The Balaban J connectivity index is 1.41. The molecular formula is C39H34Si. The molecule has 0 radical (unpaired) electrons. The van der Waals surface area contributed by atoms with Crippen LogP contribution in [0.1, 0.15) is 55.9 Å². The van der Waals surface area contributed by atoms with Gasteiger partial charge in [0.2, 0.25) is 0 Å². The molecule has 5 aromatic rings. The maximum absolute atomic E-state index is 2.48. The van der Waals surface area contributed by atoms with E-state index in [1.165, 1.54) is 44.5 Å². The van der Waals surface area contributed by atoms with Gasteiger partial charge in [-0.2, -0.15) is 0 Å². The second-order valence-corrected chi connectivity index (χ2v) is 14.9. The van der Waals surface area contributed by atoms with E-state index >= 15 is 0 Å². The molecule has 0 amide bonds. The summed E-state index contributed by atoms with van der Waals surface area (Å²) in [7, 11) is 0.353. The fourth-order valence-corrected chi connectivity index (χ4v) is 9.70. The van der Waals surface area contributed by atoms with Gasteiger partial charge in [0.15, 0.2) is 0 Å². The van der Waals surface area contributed by atoms with Crippen molar-refractivity contribution < 1.29 is 0 Å². The molecule has 0 spiro atoms. The summed E-state index contributed by atoms with van der Waals surface area (Å²) in [6.07, 6.45) is 0. The van der Waals surface area contributed by atoms with Crippen LogP contribution >= 0.6 is 0 Å². The first kappa shape index (κ1) is 24.0. The van der Waals surface area contributed by atoms with Crippen molar-refractivity contribution in [1.29, 1.82) is 0 Å². The topological polar surface area (TPSA) is 0 Å². The molecule has 40 heavy (non-hydrogen) atoms. The van der Waals surface area contributed by atoms with Crippen molar-refractivity contribution in [3.63, 3.8) is 0 Å². The Morgan fingerprint density at radius 2 is 1.20 bits per heavy atom. The third kappa shape index (κ3) is 3.34. The van der Waals surface area contributed by atoms with E-state index in [4.69, 9.17) is 0 Å². The third-order valence-corrected chi connectivity index (χ3v) is 11.3. The Morgan fingerprint density at radius 1 is 0.625 bits per heavy atom. The minimum atomic E-state index is -0.00178. The van der Waals surface area contributed by atoms with Crippen molar-refractivity contribution in [2.45, 2.75) is 51.5 Å². The third-order valence-electron chi connectivity index (χ3n) is 9.43. The average Bonchev–Trinajstić information content (AvgIpc) is 3.50. The van der Waals surface area contributed by atoms with Gasteiger partial charge in [-0.15, -0.1) is 0 Å². The van der Waals surface area contributed by atoms with Gasteiger partial charge in [0.25, 0.3) is 0 Å². The van der Waals surface area contributed by atoms with E-state index < -0.39 is 0 Å². The maximum Gasteiger partial charge on any atom is 0.0326 e. The zero-order valence-electron chi connectivity index (χ0n) is 24.0. The summed E-state index contributed by atoms with van der Waals surface area (Å²) < 4.78 is 0. The van der Waals surface area contributed by atoms with Crippen molar-refractivity contribution in [1.82, 2.24) is 0 Å². The largest absolute Gasteiger partial charge is 0.0622 e. The molecule has 1 heterocycles. The van der Waals surface area contributed by atoms with Gasteiger partial charge in [0, 0.05) is 15.0 Å². The van der Waals surface area contributed by atoms with Crippen molar-refractivity contribution in [3.05, 3.63) is 129 Å². The molecule has 0 saturated carbocycles. The first-order chi connectivity index (χ1) is 19.3. The van der Waals surface area contributed by atoms with Gasteiger partial charge >= 0.3 is 0 Å². The Morgan fingerprint density at radius 3 is 1.80 bits per heavy atom. The van der Waals surface area contributed by atoms with Crippen LogP contribution in [0, 0.1) is 11.7 Å². The van der Waals surface area contributed by atoms with E-state index in [0.29, 0.717) is 15.0 Å². The van der Waals surface area contributed by atoms with Crippen LogP contribution in [0.15, 0.2) is 97.1 Å². The summed E-state index contributed by atoms with van der Waals surface area (Å²) in [5.41, 5.74) is 19.7. The van der Waals surface area contributed by atoms with Gasteiger partial charge in [0.1, 0.15) is 0 Å². The van der Waals surface area contributed by atoms with Crippen LogP contribution in [-0.4, -0.2) is 9.13 Å². The standard InChI is InChI=1S/C39H34Si/c1-22-31-34-32-23(2)40-38(22)36(32)33(35(31)34)30-18-12-17-29(37(30)39(3,4)5)28-20-26(24-13-8-6-9-14-24)19-27(21-28)25-15-10-7-11-16-25/h6-21,23,34,40H,1-5H3. The van der Waals surface area contributed by atoms with Gasteiger partial charge in [-0.05, 0) is 118 Å². The summed E-state index contributed by atoms with van der Waals surface area (Å²) in [5, 5.41) is 1.65. The average molecular weight is 531 g/mol. The molecule has 3 aliphatic carbocycles. The van der Waals surface area contributed by atoms with Gasteiger partial charge in [-0.1, -0.05) is 107 Å². The van der Waals surface area contributed by atoms with Crippen LogP contribution in [0.5, 0.6) is 0 Å². The summed E-state index contributed by atoms with van der Waals surface area (Å²) in [6, 6.07) is 35.9. The van der Waals surface area contributed by atoms with Gasteiger partial charge in [-0.3, -0.25) is 0 Å². The molecule has 1 aliphatic heterocycles. The highest BCUT2D eigenvalue weighted by molar-refractivity contribution is 6.37. The second kappa shape index (κ2) is 8.35. The van der Waals surface area contributed by atoms with Crippen LogP contribution in [-0.2, 0) is 5.41 Å². The van der Waals surface area contributed by atoms with E-state index in [1.807, 2.05) is 0 Å². The smallest absolute Gasteiger partial charge is 0.0326 e. The highest BCUT2D eigenvalue weighted by Crippen LogP contribution is 2.63. The van der Waals surface area contributed by atoms with Crippen LogP contribution in [0.3, 0.4) is 0 Å². The summed E-state index contributed by atoms with van der Waals surface area (Å²) >= 11 is 0. The molecule has 0 nitrogen and oxygen atoms in total. The lowest BCUT2D eigenvalue weighted by Crippen LogP contribution is -2.18. The Labute approximate surface area is 239 Å². The minimum Gasteiger partial charge on any atom is -0.0622 e. The summed E-state index contributed by atoms with van der Waals surface area (Å²) in [4.78, 5) is 1.72. The van der Waals surface area contributed by atoms with E-state index in [-0.39, 0.29) is 5.41 Å². The van der Waals surface area contributed by atoms with Crippen molar-refractivity contribution in [2.24, 2.45) is 0 Å². The van der Waals surface area contributed by atoms with Gasteiger partial charge < -0.3 is 0 Å². The first-order valence-corrected chi connectivity index (χ1v) is 15.9. The molecule has 0 fully saturated rings. The zero-order valence-corrected chi connectivity index (χ0v) is 25.1. The molecule has 0 saturated heterocycles. The van der Waals surface area contributed by atoms with Crippen LogP contribution in [0.2, 0.25) is 5.54 Å². The second-order valence-electron chi connectivity index (χ2n) is 13.0. The number of benzene rings is 5. The number of hydrogen-bond acceptors (Lipinski definition) is 0. The zero-order chi connectivity index (χ0) is 27.3. The van der Waals surface area contributed by atoms with E-state index in [0.717, 1.165) is 5.54 Å². The van der Waals surface area contributed by atoms with Crippen molar-refractivity contribution >= 4 is 14.7 Å². The quantitative estimate of drug-likeness (QED) is 0.203. The lowest BCUT2D eigenvalue weighted by atomic mass is 9.76. The normalized spacial score (nSPS) is 17.8. The molecular weight excluding hydrogens is 497 g/mol. The predicted molar refractivity (Wildman–Crippen MR) is 172 cm³/mol. The number of rotatable bonds is 4. The molecule has 0 N–H and O–H groups in total. The fraction of sp³-hybridized carbons (Fsp3) is 0.205. The van der Waals surface area contributed by atoms with Crippen LogP contribution < -0.4 is 5.22 Å². The Bertz CT molecular complexity index is 1930. The Hall–Kier alpha value is -3.81. The SMILES string of the molecule is Cc1c2c3c(-c4cccc(-c5cc(-c6ccccc6)cc(-c6ccccc6)c5)c4C(C)(C)C)c4c1=[SiH]C(C)C=4C23.